The molecule has 1 heteroatoms. The molecule has 3 aliphatic carbocycles. The molecule has 2 unspecified atom stereocenters. The minimum absolute atomic E-state index is 0.302. The SMILES string of the molecule is O=C(C1Cc2ccccc2C1)C1C2CCCC1C2. The summed E-state index contributed by atoms with van der Waals surface area (Å²) in [7, 11) is 0. The fourth-order valence-corrected chi connectivity index (χ4v) is 4.61. The lowest BCUT2D eigenvalue weighted by Crippen LogP contribution is -2.47. The Bertz CT molecular complexity index is 451. The van der Waals surface area contributed by atoms with Crippen molar-refractivity contribution in [3.63, 3.8) is 0 Å². The van der Waals surface area contributed by atoms with Gasteiger partial charge >= 0.3 is 0 Å². The van der Waals surface area contributed by atoms with Crippen LogP contribution >= 0.6 is 0 Å². The van der Waals surface area contributed by atoms with Gasteiger partial charge in [0.2, 0.25) is 0 Å². The zero-order chi connectivity index (χ0) is 12.1. The van der Waals surface area contributed by atoms with Crippen molar-refractivity contribution in [1.29, 1.82) is 0 Å². The second kappa shape index (κ2) is 3.94. The van der Waals surface area contributed by atoms with E-state index in [0.717, 1.165) is 24.7 Å². The molecule has 2 bridgehead atoms. The first-order valence-electron chi connectivity index (χ1n) is 7.43. The summed E-state index contributed by atoms with van der Waals surface area (Å²) in [6.07, 6.45) is 7.34. The molecule has 0 N–H and O–H groups in total. The molecule has 0 spiro atoms. The molecule has 0 heterocycles. The predicted octanol–water partition coefficient (Wildman–Crippen LogP) is 3.41. The highest BCUT2D eigenvalue weighted by atomic mass is 16.1. The van der Waals surface area contributed by atoms with Gasteiger partial charge in [-0.1, -0.05) is 30.7 Å². The topological polar surface area (TPSA) is 17.1 Å². The molecule has 1 aromatic rings. The van der Waals surface area contributed by atoms with E-state index in [9.17, 15) is 4.79 Å². The molecule has 0 aliphatic heterocycles. The average Bonchev–Trinajstić information content (AvgIpc) is 2.83. The monoisotopic (exact) mass is 240 g/mol. The van der Waals surface area contributed by atoms with E-state index in [1.807, 2.05) is 0 Å². The largest absolute Gasteiger partial charge is 0.299 e. The minimum Gasteiger partial charge on any atom is -0.299 e. The number of hydrogen-bond acceptors (Lipinski definition) is 1. The first-order chi connectivity index (χ1) is 8.83. The summed E-state index contributed by atoms with van der Waals surface area (Å²) in [6, 6.07) is 8.60. The summed E-state index contributed by atoms with van der Waals surface area (Å²) in [5.41, 5.74) is 2.83. The molecule has 2 fully saturated rings. The number of carbonyl (C=O) groups excluding carboxylic acids is 1. The van der Waals surface area contributed by atoms with Gasteiger partial charge < -0.3 is 0 Å². The van der Waals surface area contributed by atoms with Gasteiger partial charge in [0, 0.05) is 11.8 Å². The second-order valence-electron chi connectivity index (χ2n) is 6.49. The fraction of sp³-hybridized carbons (Fsp3) is 0.588. The summed E-state index contributed by atoms with van der Waals surface area (Å²) in [5, 5.41) is 0. The van der Waals surface area contributed by atoms with Crippen LogP contribution in [0, 0.1) is 23.7 Å². The number of hydrogen-bond donors (Lipinski definition) is 0. The lowest BCUT2D eigenvalue weighted by Gasteiger charge is -2.49. The van der Waals surface area contributed by atoms with Crippen LogP contribution in [0.3, 0.4) is 0 Å². The Kier molecular flexibility index (Phi) is 2.36. The molecule has 0 saturated heterocycles. The number of carbonyl (C=O) groups is 1. The van der Waals surface area contributed by atoms with Crippen molar-refractivity contribution < 1.29 is 4.79 Å². The molecule has 2 atom stereocenters. The number of ketones is 1. The van der Waals surface area contributed by atoms with Crippen molar-refractivity contribution in [3.8, 4) is 0 Å². The first kappa shape index (κ1) is 10.8. The number of rotatable bonds is 2. The Balaban J connectivity index is 1.51. The Morgan fingerprint density at radius 2 is 1.61 bits per heavy atom. The Hall–Kier alpha value is -1.11. The first-order valence-corrected chi connectivity index (χ1v) is 7.43. The minimum atomic E-state index is 0.302. The van der Waals surface area contributed by atoms with Crippen LogP contribution in [0.2, 0.25) is 0 Å². The molecule has 2 saturated carbocycles. The van der Waals surface area contributed by atoms with Crippen LogP contribution in [0.15, 0.2) is 24.3 Å². The summed E-state index contributed by atoms with van der Waals surface area (Å²) in [5.74, 6) is 2.85. The van der Waals surface area contributed by atoms with Gasteiger partial charge in [-0.2, -0.15) is 0 Å². The second-order valence-corrected chi connectivity index (χ2v) is 6.49. The van der Waals surface area contributed by atoms with Gasteiger partial charge in [0.1, 0.15) is 5.78 Å². The van der Waals surface area contributed by atoms with Crippen LogP contribution in [0.1, 0.15) is 36.8 Å². The van der Waals surface area contributed by atoms with E-state index in [-0.39, 0.29) is 0 Å². The van der Waals surface area contributed by atoms with E-state index in [0.29, 0.717) is 17.6 Å². The molecule has 1 aromatic carbocycles. The molecule has 4 rings (SSSR count). The third kappa shape index (κ3) is 1.49. The number of Topliss-reactive ketones (excluding diaryl/α,β-unsaturated/α-hetero) is 1. The molecule has 94 valence electrons. The highest BCUT2D eigenvalue weighted by molar-refractivity contribution is 5.86. The summed E-state index contributed by atoms with van der Waals surface area (Å²) in [4.78, 5) is 12.7. The van der Waals surface area contributed by atoms with E-state index in [1.54, 1.807) is 0 Å². The van der Waals surface area contributed by atoms with Crippen LogP contribution in [-0.2, 0) is 17.6 Å². The quantitative estimate of drug-likeness (QED) is 0.774. The third-order valence-electron chi connectivity index (χ3n) is 5.55. The number of fused-ring (bicyclic) bond motifs is 3. The van der Waals surface area contributed by atoms with Crippen LogP contribution in [0.25, 0.3) is 0 Å². The molecule has 0 amide bonds. The van der Waals surface area contributed by atoms with Crippen molar-refractivity contribution >= 4 is 5.78 Å². The van der Waals surface area contributed by atoms with Crippen molar-refractivity contribution in [2.24, 2.45) is 23.7 Å². The third-order valence-corrected chi connectivity index (χ3v) is 5.55. The summed E-state index contributed by atoms with van der Waals surface area (Å²) in [6.45, 7) is 0. The van der Waals surface area contributed by atoms with Crippen LogP contribution in [0.4, 0.5) is 0 Å². The van der Waals surface area contributed by atoms with Gasteiger partial charge in [-0.15, -0.1) is 0 Å². The smallest absolute Gasteiger partial charge is 0.140 e. The maximum atomic E-state index is 12.7. The van der Waals surface area contributed by atoms with Gasteiger partial charge in [0.25, 0.3) is 0 Å². The molecule has 18 heavy (non-hydrogen) atoms. The highest BCUT2D eigenvalue weighted by Crippen LogP contribution is 2.52. The summed E-state index contributed by atoms with van der Waals surface area (Å²) < 4.78 is 0. The van der Waals surface area contributed by atoms with Crippen molar-refractivity contribution in [2.75, 3.05) is 0 Å². The Morgan fingerprint density at radius 3 is 2.17 bits per heavy atom. The zero-order valence-electron chi connectivity index (χ0n) is 10.8. The van der Waals surface area contributed by atoms with Gasteiger partial charge in [-0.25, -0.2) is 0 Å². The van der Waals surface area contributed by atoms with E-state index in [1.165, 1.54) is 36.8 Å². The molecule has 0 radical (unpaired) electrons. The average molecular weight is 240 g/mol. The fourth-order valence-electron chi connectivity index (χ4n) is 4.61. The molecular weight excluding hydrogens is 220 g/mol. The maximum Gasteiger partial charge on any atom is 0.140 e. The van der Waals surface area contributed by atoms with E-state index in [2.05, 4.69) is 24.3 Å². The Labute approximate surface area is 109 Å². The van der Waals surface area contributed by atoms with E-state index in [4.69, 9.17) is 0 Å². The van der Waals surface area contributed by atoms with Gasteiger partial charge in [-0.05, 0) is 55.1 Å². The van der Waals surface area contributed by atoms with Gasteiger partial charge in [0.05, 0.1) is 0 Å². The van der Waals surface area contributed by atoms with Crippen LogP contribution < -0.4 is 0 Å². The Morgan fingerprint density at radius 1 is 1.00 bits per heavy atom. The highest BCUT2D eigenvalue weighted by Gasteiger charge is 2.49. The lowest BCUT2D eigenvalue weighted by molar-refractivity contribution is -0.139. The maximum absolute atomic E-state index is 12.7. The van der Waals surface area contributed by atoms with Crippen LogP contribution in [-0.4, -0.2) is 5.78 Å². The van der Waals surface area contributed by atoms with Gasteiger partial charge in [0.15, 0.2) is 0 Å². The van der Waals surface area contributed by atoms with E-state index >= 15 is 0 Å². The molecular formula is C17H20O. The van der Waals surface area contributed by atoms with Crippen LogP contribution in [0.5, 0.6) is 0 Å². The molecule has 3 aliphatic rings. The van der Waals surface area contributed by atoms with Crippen molar-refractivity contribution in [1.82, 2.24) is 0 Å². The zero-order valence-corrected chi connectivity index (χ0v) is 10.8. The lowest BCUT2D eigenvalue weighted by atomic mass is 9.54. The van der Waals surface area contributed by atoms with Gasteiger partial charge in [-0.3, -0.25) is 4.79 Å². The van der Waals surface area contributed by atoms with E-state index < -0.39 is 0 Å². The molecule has 0 aromatic heterocycles. The normalized spacial score (nSPS) is 33.9. The predicted molar refractivity (Wildman–Crippen MR) is 71.3 cm³/mol. The standard InChI is InChI=1S/C17H20O/c18-17(16-13-6-3-7-14(16)10-13)15-8-11-4-1-2-5-12(11)9-15/h1-2,4-5,13-16H,3,6-10H2. The van der Waals surface area contributed by atoms with Crippen molar-refractivity contribution in [2.45, 2.75) is 38.5 Å². The van der Waals surface area contributed by atoms with Crippen molar-refractivity contribution in [3.05, 3.63) is 35.4 Å². The molecule has 1 nitrogen and oxygen atoms in total. The summed E-state index contributed by atoms with van der Waals surface area (Å²) >= 11 is 0. The number of benzene rings is 1.